The number of carbonyl (C=O) groups is 1. The van der Waals surface area contributed by atoms with Gasteiger partial charge >= 0.3 is 6.18 Å². The molecule has 1 amide bonds. The van der Waals surface area contributed by atoms with E-state index in [-0.39, 0.29) is 18.4 Å². The third-order valence-corrected chi connectivity index (χ3v) is 3.53. The van der Waals surface area contributed by atoms with E-state index in [4.69, 9.17) is 0 Å². The average molecular weight is 268 g/mol. The van der Waals surface area contributed by atoms with Crippen molar-refractivity contribution in [3.63, 3.8) is 0 Å². The van der Waals surface area contributed by atoms with Crippen molar-refractivity contribution >= 4 is 11.7 Å². The number of rotatable bonds is 1. The van der Waals surface area contributed by atoms with Gasteiger partial charge in [0.1, 0.15) is 12.4 Å². The Morgan fingerprint density at radius 3 is 2.79 bits per heavy atom. The van der Waals surface area contributed by atoms with E-state index in [1.165, 1.54) is 6.07 Å². The first-order valence-corrected chi connectivity index (χ1v) is 5.96. The summed E-state index contributed by atoms with van der Waals surface area (Å²) in [4.78, 5) is 17.2. The molecule has 0 N–H and O–H groups in total. The van der Waals surface area contributed by atoms with Crippen LogP contribution >= 0.6 is 0 Å². The van der Waals surface area contributed by atoms with Gasteiger partial charge in [0, 0.05) is 18.9 Å². The molecule has 0 radical (unpaired) electrons. The van der Waals surface area contributed by atoms with E-state index in [1.807, 2.05) is 0 Å². The molecule has 0 saturated carbocycles. The van der Waals surface area contributed by atoms with Gasteiger partial charge in [-0.1, -0.05) is 18.2 Å². The van der Waals surface area contributed by atoms with E-state index in [0.29, 0.717) is 24.4 Å². The van der Waals surface area contributed by atoms with Crippen molar-refractivity contribution in [1.82, 2.24) is 4.90 Å². The fourth-order valence-corrected chi connectivity index (χ4v) is 2.55. The van der Waals surface area contributed by atoms with Gasteiger partial charge in [0.05, 0.1) is 5.56 Å². The maximum absolute atomic E-state index is 12.7. The van der Waals surface area contributed by atoms with Gasteiger partial charge in [-0.3, -0.25) is 14.7 Å². The van der Waals surface area contributed by atoms with Crippen LogP contribution in [0.2, 0.25) is 0 Å². The largest absolute Gasteiger partial charge is 0.416 e. The summed E-state index contributed by atoms with van der Waals surface area (Å²) in [7, 11) is 0. The molecule has 1 aromatic carbocycles. The van der Waals surface area contributed by atoms with E-state index >= 15 is 0 Å². The standard InChI is InChI=1S/C13H11F3N2O/c14-13(15,16)10-3-1-2-8(4-10)9-5-11-17-6-12(19)18(11)7-9/h1-4,9H,5-7H2. The smallest absolute Gasteiger partial charge is 0.298 e. The highest BCUT2D eigenvalue weighted by Crippen LogP contribution is 2.35. The lowest BCUT2D eigenvalue weighted by atomic mass is 9.96. The Labute approximate surface area is 107 Å². The van der Waals surface area contributed by atoms with Crippen LogP contribution in [0.3, 0.4) is 0 Å². The topological polar surface area (TPSA) is 32.7 Å². The maximum Gasteiger partial charge on any atom is 0.416 e. The highest BCUT2D eigenvalue weighted by Gasteiger charge is 2.37. The van der Waals surface area contributed by atoms with Crippen LogP contribution in [0.1, 0.15) is 23.5 Å². The zero-order chi connectivity index (χ0) is 13.6. The lowest BCUT2D eigenvalue weighted by molar-refractivity contribution is -0.137. The van der Waals surface area contributed by atoms with E-state index in [1.54, 1.807) is 11.0 Å². The van der Waals surface area contributed by atoms with Gasteiger partial charge in [0.15, 0.2) is 0 Å². The van der Waals surface area contributed by atoms with E-state index in [0.717, 1.165) is 12.1 Å². The van der Waals surface area contributed by atoms with Gasteiger partial charge in [-0.15, -0.1) is 0 Å². The van der Waals surface area contributed by atoms with Crippen molar-refractivity contribution in [2.45, 2.75) is 18.5 Å². The molecule has 3 nitrogen and oxygen atoms in total. The molecule has 100 valence electrons. The number of fused-ring (bicyclic) bond motifs is 1. The second-order valence-electron chi connectivity index (χ2n) is 4.76. The number of amidine groups is 1. The van der Waals surface area contributed by atoms with Gasteiger partial charge < -0.3 is 0 Å². The normalized spacial score (nSPS) is 22.7. The molecule has 1 saturated heterocycles. The second kappa shape index (κ2) is 4.08. The number of carbonyl (C=O) groups excluding carboxylic acids is 1. The number of hydrogen-bond donors (Lipinski definition) is 0. The minimum Gasteiger partial charge on any atom is -0.298 e. The minimum absolute atomic E-state index is 0.0653. The molecular weight excluding hydrogens is 257 g/mol. The highest BCUT2D eigenvalue weighted by molar-refractivity contribution is 6.05. The Kier molecular flexibility index (Phi) is 2.62. The molecule has 1 aromatic rings. The van der Waals surface area contributed by atoms with Crippen molar-refractivity contribution < 1.29 is 18.0 Å². The molecule has 0 aromatic heterocycles. The van der Waals surface area contributed by atoms with Crippen molar-refractivity contribution in [2.24, 2.45) is 4.99 Å². The van der Waals surface area contributed by atoms with Crippen LogP contribution in [0.4, 0.5) is 13.2 Å². The zero-order valence-electron chi connectivity index (χ0n) is 9.94. The first-order valence-electron chi connectivity index (χ1n) is 5.96. The van der Waals surface area contributed by atoms with E-state index < -0.39 is 11.7 Å². The van der Waals surface area contributed by atoms with Crippen molar-refractivity contribution in [1.29, 1.82) is 0 Å². The van der Waals surface area contributed by atoms with Crippen LogP contribution < -0.4 is 0 Å². The van der Waals surface area contributed by atoms with Crippen LogP contribution in [0.15, 0.2) is 29.3 Å². The summed E-state index contributed by atoms with van der Waals surface area (Å²) >= 11 is 0. The Hall–Kier alpha value is -1.85. The Balaban J connectivity index is 1.87. The van der Waals surface area contributed by atoms with Crippen molar-refractivity contribution in [2.75, 3.05) is 13.1 Å². The second-order valence-corrected chi connectivity index (χ2v) is 4.76. The third-order valence-electron chi connectivity index (χ3n) is 3.53. The Bertz CT molecular complexity index is 565. The van der Waals surface area contributed by atoms with Crippen molar-refractivity contribution in [3.8, 4) is 0 Å². The maximum atomic E-state index is 12.7. The number of halogens is 3. The van der Waals surface area contributed by atoms with Gasteiger partial charge in [-0.25, -0.2) is 0 Å². The monoisotopic (exact) mass is 268 g/mol. The summed E-state index contributed by atoms with van der Waals surface area (Å²) in [5, 5.41) is 0. The fourth-order valence-electron chi connectivity index (χ4n) is 2.55. The van der Waals surface area contributed by atoms with Crippen LogP contribution in [0.25, 0.3) is 0 Å². The number of alkyl halides is 3. The number of nitrogens with zero attached hydrogens (tertiary/aromatic N) is 2. The molecule has 3 rings (SSSR count). The van der Waals surface area contributed by atoms with Crippen LogP contribution in [-0.2, 0) is 11.0 Å². The molecule has 2 heterocycles. The first kappa shape index (κ1) is 12.2. The number of aliphatic imine (C=N–C) groups is 1. The van der Waals surface area contributed by atoms with Gasteiger partial charge in [0.25, 0.3) is 0 Å². The van der Waals surface area contributed by atoms with Crippen LogP contribution in [-0.4, -0.2) is 29.7 Å². The first-order chi connectivity index (χ1) is 8.95. The predicted molar refractivity (Wildman–Crippen MR) is 62.8 cm³/mol. The number of amides is 1. The summed E-state index contributed by atoms with van der Waals surface area (Å²) < 4.78 is 38.0. The summed E-state index contributed by atoms with van der Waals surface area (Å²) in [6, 6.07) is 5.30. The summed E-state index contributed by atoms with van der Waals surface area (Å²) in [6.45, 7) is 0.601. The van der Waals surface area contributed by atoms with E-state index in [9.17, 15) is 18.0 Å². The average Bonchev–Trinajstić information content (AvgIpc) is 2.91. The lowest BCUT2D eigenvalue weighted by Gasteiger charge is -2.14. The SMILES string of the molecule is O=C1CN=C2CC(c3cccc(C(F)(F)F)c3)CN12. The van der Waals surface area contributed by atoms with Crippen molar-refractivity contribution in [3.05, 3.63) is 35.4 Å². The molecule has 2 aliphatic rings. The molecule has 2 aliphatic heterocycles. The van der Waals surface area contributed by atoms with Crippen LogP contribution in [0.5, 0.6) is 0 Å². The molecule has 0 bridgehead atoms. The van der Waals surface area contributed by atoms with E-state index in [2.05, 4.69) is 4.99 Å². The molecule has 1 fully saturated rings. The number of hydrogen-bond acceptors (Lipinski definition) is 2. The Morgan fingerprint density at radius 1 is 1.32 bits per heavy atom. The van der Waals surface area contributed by atoms with Crippen LogP contribution in [0, 0.1) is 0 Å². The predicted octanol–water partition coefficient (Wildman–Crippen LogP) is 2.43. The zero-order valence-corrected chi connectivity index (χ0v) is 9.94. The molecule has 0 aliphatic carbocycles. The molecule has 1 unspecified atom stereocenters. The summed E-state index contributed by atoms with van der Waals surface area (Å²) in [5.41, 5.74) is -0.0370. The molecule has 1 atom stereocenters. The Morgan fingerprint density at radius 2 is 2.11 bits per heavy atom. The third kappa shape index (κ3) is 2.11. The fraction of sp³-hybridized carbons (Fsp3) is 0.385. The lowest BCUT2D eigenvalue weighted by Crippen LogP contribution is -2.27. The van der Waals surface area contributed by atoms with Gasteiger partial charge in [-0.2, -0.15) is 13.2 Å². The number of benzene rings is 1. The highest BCUT2D eigenvalue weighted by atomic mass is 19.4. The molecule has 19 heavy (non-hydrogen) atoms. The van der Waals surface area contributed by atoms with Gasteiger partial charge in [0.2, 0.25) is 5.91 Å². The summed E-state index contributed by atoms with van der Waals surface area (Å²) in [5.74, 6) is 0.544. The minimum atomic E-state index is -4.34. The quantitative estimate of drug-likeness (QED) is 0.770. The molecular formula is C13H11F3N2O. The molecule has 6 heteroatoms. The summed E-state index contributed by atoms with van der Waals surface area (Å²) in [6.07, 6.45) is -3.80. The van der Waals surface area contributed by atoms with Gasteiger partial charge in [-0.05, 0) is 11.6 Å². The molecule has 0 spiro atoms.